The topological polar surface area (TPSA) is 63.4 Å². The summed E-state index contributed by atoms with van der Waals surface area (Å²) in [6.07, 6.45) is 0.578. The lowest BCUT2D eigenvalue weighted by Gasteiger charge is -2.13. The van der Waals surface area contributed by atoms with Crippen molar-refractivity contribution in [2.75, 3.05) is 11.4 Å². The second kappa shape index (κ2) is 4.81. The van der Waals surface area contributed by atoms with E-state index in [1.807, 2.05) is 6.07 Å². The summed E-state index contributed by atoms with van der Waals surface area (Å²) < 4.78 is 0. The van der Waals surface area contributed by atoms with Gasteiger partial charge in [-0.05, 0) is 18.2 Å². The van der Waals surface area contributed by atoms with Gasteiger partial charge in [-0.3, -0.25) is 14.5 Å². The number of rotatable bonds is 1. The maximum Gasteiger partial charge on any atom is 0.234 e. The fraction of sp³-hybridized carbons (Fsp3) is 0.231. The molecule has 1 fully saturated rings. The normalized spacial score (nSPS) is 14.8. The van der Waals surface area contributed by atoms with Crippen molar-refractivity contribution in [3.8, 4) is 11.8 Å². The molecular formula is C13H12N2O2. The Morgan fingerprint density at radius 1 is 1.24 bits per heavy atom. The Kier molecular flexibility index (Phi) is 3.22. The molecule has 2 N–H and O–H groups in total. The van der Waals surface area contributed by atoms with Crippen LogP contribution in [0.2, 0.25) is 0 Å². The molecule has 86 valence electrons. The van der Waals surface area contributed by atoms with Crippen molar-refractivity contribution in [3.63, 3.8) is 0 Å². The summed E-state index contributed by atoms with van der Waals surface area (Å²) in [5.41, 5.74) is 6.62. The Balaban J connectivity index is 2.33. The summed E-state index contributed by atoms with van der Waals surface area (Å²) in [7, 11) is 0. The molecule has 2 rings (SSSR count). The molecule has 1 aliphatic heterocycles. The summed E-state index contributed by atoms with van der Waals surface area (Å²) in [4.78, 5) is 24.3. The van der Waals surface area contributed by atoms with Gasteiger partial charge < -0.3 is 5.73 Å². The SMILES string of the molecule is NCC#Cc1cccc(N2C(=O)CCC2=O)c1. The highest BCUT2D eigenvalue weighted by atomic mass is 16.2. The first-order valence-electron chi connectivity index (χ1n) is 5.37. The molecule has 1 aromatic carbocycles. The first kappa shape index (κ1) is 11.4. The number of amides is 2. The highest BCUT2D eigenvalue weighted by Gasteiger charge is 2.30. The molecule has 0 bridgehead atoms. The van der Waals surface area contributed by atoms with Crippen LogP contribution in [-0.4, -0.2) is 18.4 Å². The van der Waals surface area contributed by atoms with Crippen LogP contribution in [0.1, 0.15) is 18.4 Å². The highest BCUT2D eigenvalue weighted by molar-refractivity contribution is 6.19. The van der Waals surface area contributed by atoms with Gasteiger partial charge in [0.1, 0.15) is 0 Å². The number of carbonyl (C=O) groups is 2. The van der Waals surface area contributed by atoms with Crippen LogP contribution in [0.5, 0.6) is 0 Å². The number of imide groups is 1. The minimum Gasteiger partial charge on any atom is -0.320 e. The van der Waals surface area contributed by atoms with Crippen molar-refractivity contribution in [2.24, 2.45) is 5.73 Å². The van der Waals surface area contributed by atoms with Crippen LogP contribution < -0.4 is 10.6 Å². The quantitative estimate of drug-likeness (QED) is 0.567. The van der Waals surface area contributed by atoms with Gasteiger partial charge in [-0.2, -0.15) is 0 Å². The summed E-state index contributed by atoms with van der Waals surface area (Å²) in [6, 6.07) is 7.05. The molecule has 1 heterocycles. The number of carbonyl (C=O) groups excluding carboxylic acids is 2. The van der Waals surface area contributed by atoms with Crippen LogP contribution >= 0.6 is 0 Å². The van der Waals surface area contributed by atoms with E-state index in [1.54, 1.807) is 18.2 Å². The predicted molar refractivity (Wildman–Crippen MR) is 64.1 cm³/mol. The summed E-state index contributed by atoms with van der Waals surface area (Å²) >= 11 is 0. The lowest BCUT2D eigenvalue weighted by molar-refractivity contribution is -0.121. The Bertz CT molecular complexity index is 510. The van der Waals surface area contributed by atoms with E-state index < -0.39 is 0 Å². The number of benzene rings is 1. The lowest BCUT2D eigenvalue weighted by atomic mass is 10.2. The number of anilines is 1. The minimum absolute atomic E-state index is 0.154. The minimum atomic E-state index is -0.154. The van der Waals surface area contributed by atoms with E-state index in [-0.39, 0.29) is 31.2 Å². The standard InChI is InChI=1S/C13H12N2O2/c14-8-2-4-10-3-1-5-11(9-10)15-12(16)6-7-13(15)17/h1,3,5,9H,6-8,14H2. The molecule has 0 saturated carbocycles. The van der Waals surface area contributed by atoms with E-state index in [4.69, 9.17) is 5.73 Å². The molecule has 0 atom stereocenters. The number of nitrogens with zero attached hydrogens (tertiary/aromatic N) is 1. The second-order valence-corrected chi connectivity index (χ2v) is 3.68. The smallest absolute Gasteiger partial charge is 0.234 e. The van der Waals surface area contributed by atoms with E-state index in [0.29, 0.717) is 5.69 Å². The van der Waals surface area contributed by atoms with E-state index in [2.05, 4.69) is 11.8 Å². The lowest BCUT2D eigenvalue weighted by Crippen LogP contribution is -2.28. The molecule has 1 aromatic rings. The number of hydrogen-bond acceptors (Lipinski definition) is 3. The van der Waals surface area contributed by atoms with Crippen molar-refractivity contribution in [2.45, 2.75) is 12.8 Å². The van der Waals surface area contributed by atoms with Crippen LogP contribution in [0.25, 0.3) is 0 Å². The monoisotopic (exact) mass is 228 g/mol. The summed E-state index contributed by atoms with van der Waals surface area (Å²) in [5.74, 6) is 5.30. The third-order valence-corrected chi connectivity index (χ3v) is 2.49. The fourth-order valence-corrected chi connectivity index (χ4v) is 1.74. The van der Waals surface area contributed by atoms with E-state index in [1.165, 1.54) is 4.90 Å². The van der Waals surface area contributed by atoms with E-state index in [9.17, 15) is 9.59 Å². The molecule has 1 aliphatic rings. The van der Waals surface area contributed by atoms with Crippen LogP contribution in [0, 0.1) is 11.8 Å². The Hall–Kier alpha value is -2.12. The largest absolute Gasteiger partial charge is 0.320 e. The molecule has 0 radical (unpaired) electrons. The maximum atomic E-state index is 11.6. The van der Waals surface area contributed by atoms with Gasteiger partial charge in [-0.25, -0.2) is 0 Å². The van der Waals surface area contributed by atoms with E-state index >= 15 is 0 Å². The van der Waals surface area contributed by atoms with Gasteiger partial charge >= 0.3 is 0 Å². The van der Waals surface area contributed by atoms with Crippen molar-refractivity contribution in [1.82, 2.24) is 0 Å². The molecule has 0 aromatic heterocycles. The Morgan fingerprint density at radius 3 is 2.59 bits per heavy atom. The van der Waals surface area contributed by atoms with E-state index in [0.717, 1.165) is 5.56 Å². The first-order chi connectivity index (χ1) is 8.22. The van der Waals surface area contributed by atoms with Gasteiger partial charge in [0, 0.05) is 18.4 Å². The molecule has 0 aliphatic carbocycles. The predicted octanol–water partition coefficient (Wildman–Crippen LogP) is 0.650. The number of hydrogen-bond donors (Lipinski definition) is 1. The van der Waals surface area contributed by atoms with Crippen LogP contribution in [0.15, 0.2) is 24.3 Å². The molecular weight excluding hydrogens is 216 g/mol. The summed E-state index contributed by atoms with van der Waals surface area (Å²) in [6.45, 7) is 0.284. The van der Waals surface area contributed by atoms with Gasteiger partial charge in [0.2, 0.25) is 11.8 Å². The molecule has 4 nitrogen and oxygen atoms in total. The molecule has 0 spiro atoms. The van der Waals surface area contributed by atoms with Crippen molar-refractivity contribution >= 4 is 17.5 Å². The Labute approximate surface area is 99.4 Å². The van der Waals surface area contributed by atoms with Crippen LogP contribution in [-0.2, 0) is 9.59 Å². The number of nitrogens with two attached hydrogens (primary N) is 1. The van der Waals surface area contributed by atoms with Crippen LogP contribution in [0.3, 0.4) is 0 Å². The maximum absolute atomic E-state index is 11.6. The fourth-order valence-electron chi connectivity index (χ4n) is 1.74. The average Bonchev–Trinajstić information content (AvgIpc) is 2.67. The third kappa shape index (κ3) is 2.35. The molecule has 1 saturated heterocycles. The van der Waals surface area contributed by atoms with Gasteiger partial charge in [-0.15, -0.1) is 0 Å². The molecule has 2 amide bonds. The van der Waals surface area contributed by atoms with Crippen molar-refractivity contribution < 1.29 is 9.59 Å². The first-order valence-corrected chi connectivity index (χ1v) is 5.37. The zero-order valence-corrected chi connectivity index (χ0v) is 9.27. The van der Waals surface area contributed by atoms with Gasteiger partial charge in [0.15, 0.2) is 0 Å². The third-order valence-electron chi connectivity index (χ3n) is 2.49. The molecule has 4 heteroatoms. The Morgan fingerprint density at radius 2 is 1.94 bits per heavy atom. The summed E-state index contributed by atoms with van der Waals surface area (Å²) in [5, 5.41) is 0. The van der Waals surface area contributed by atoms with Gasteiger partial charge in [-0.1, -0.05) is 17.9 Å². The zero-order chi connectivity index (χ0) is 12.3. The molecule has 17 heavy (non-hydrogen) atoms. The second-order valence-electron chi connectivity index (χ2n) is 3.68. The molecule has 0 unspecified atom stereocenters. The van der Waals surface area contributed by atoms with Gasteiger partial charge in [0.05, 0.1) is 12.2 Å². The van der Waals surface area contributed by atoms with Crippen molar-refractivity contribution in [3.05, 3.63) is 29.8 Å². The zero-order valence-electron chi connectivity index (χ0n) is 9.27. The van der Waals surface area contributed by atoms with Gasteiger partial charge in [0.25, 0.3) is 0 Å². The van der Waals surface area contributed by atoms with Crippen LogP contribution in [0.4, 0.5) is 5.69 Å². The van der Waals surface area contributed by atoms with Crippen molar-refractivity contribution in [1.29, 1.82) is 0 Å². The average molecular weight is 228 g/mol. The highest BCUT2D eigenvalue weighted by Crippen LogP contribution is 2.22.